The van der Waals surface area contributed by atoms with E-state index in [-0.39, 0.29) is 11.3 Å². The van der Waals surface area contributed by atoms with Gasteiger partial charge in [-0.25, -0.2) is 0 Å². The number of halogens is 2. The van der Waals surface area contributed by atoms with Crippen molar-refractivity contribution in [2.45, 2.75) is 13.3 Å². The largest absolute Gasteiger partial charge is 0.338 e. The van der Waals surface area contributed by atoms with Crippen LogP contribution in [0.3, 0.4) is 0 Å². The number of carbonyl (C=O) groups excluding carboxylic acids is 1. The zero-order valence-corrected chi connectivity index (χ0v) is 11.8. The van der Waals surface area contributed by atoms with Gasteiger partial charge in [-0.05, 0) is 36.6 Å². The molecule has 1 atom stereocenters. The van der Waals surface area contributed by atoms with Crippen LogP contribution in [-0.4, -0.2) is 30.4 Å². The molecule has 1 aliphatic rings. The highest BCUT2D eigenvalue weighted by atomic mass is 35.5. The average Bonchev–Trinajstić information content (AvgIpc) is 2.70. The van der Waals surface area contributed by atoms with Crippen LogP contribution in [-0.2, 0) is 0 Å². The van der Waals surface area contributed by atoms with Crippen molar-refractivity contribution in [2.24, 2.45) is 11.1 Å². The maximum Gasteiger partial charge on any atom is 0.253 e. The fourth-order valence-corrected chi connectivity index (χ4v) is 2.75. The number of likely N-dealkylation sites (tertiary alicyclic amines) is 1. The molecule has 3 nitrogen and oxygen atoms in total. The molecule has 0 aromatic heterocycles. The molecule has 5 heteroatoms. The Labute approximate surface area is 117 Å². The van der Waals surface area contributed by atoms with Crippen LogP contribution in [0.15, 0.2) is 18.2 Å². The summed E-state index contributed by atoms with van der Waals surface area (Å²) in [7, 11) is 0. The maximum absolute atomic E-state index is 12.3. The SMILES string of the molecule is CC1(CN)CCN(C(=O)c2cc(Cl)cc(Cl)c2)C1. The van der Waals surface area contributed by atoms with E-state index in [1.807, 2.05) is 4.90 Å². The lowest BCUT2D eigenvalue weighted by molar-refractivity contribution is 0.0777. The molecule has 2 N–H and O–H groups in total. The van der Waals surface area contributed by atoms with E-state index in [4.69, 9.17) is 28.9 Å². The lowest BCUT2D eigenvalue weighted by Gasteiger charge is -2.22. The molecule has 1 aromatic carbocycles. The number of amides is 1. The Morgan fingerprint density at radius 1 is 1.39 bits per heavy atom. The Morgan fingerprint density at radius 3 is 2.50 bits per heavy atom. The highest BCUT2D eigenvalue weighted by Crippen LogP contribution is 2.30. The average molecular weight is 287 g/mol. The summed E-state index contributed by atoms with van der Waals surface area (Å²) in [6.45, 7) is 4.11. The first-order valence-electron chi connectivity index (χ1n) is 5.89. The molecular weight excluding hydrogens is 271 g/mol. The second-order valence-corrected chi connectivity index (χ2v) is 6.02. The molecule has 0 radical (unpaired) electrons. The normalized spacial score (nSPS) is 23.4. The molecule has 1 aliphatic heterocycles. The van der Waals surface area contributed by atoms with Gasteiger partial charge >= 0.3 is 0 Å². The van der Waals surface area contributed by atoms with Gasteiger partial charge in [0.2, 0.25) is 0 Å². The quantitative estimate of drug-likeness (QED) is 0.909. The first-order chi connectivity index (χ1) is 8.43. The minimum absolute atomic E-state index is 0.0258. The van der Waals surface area contributed by atoms with Crippen LogP contribution in [0.4, 0.5) is 0 Å². The van der Waals surface area contributed by atoms with E-state index >= 15 is 0 Å². The van der Waals surface area contributed by atoms with Crippen LogP contribution < -0.4 is 5.73 Å². The van der Waals surface area contributed by atoms with Gasteiger partial charge in [0.1, 0.15) is 0 Å². The summed E-state index contributed by atoms with van der Waals surface area (Å²) in [5.41, 5.74) is 6.30. The number of carbonyl (C=O) groups is 1. The molecule has 1 saturated heterocycles. The smallest absolute Gasteiger partial charge is 0.253 e. The molecule has 1 heterocycles. The van der Waals surface area contributed by atoms with E-state index < -0.39 is 0 Å². The fourth-order valence-electron chi connectivity index (χ4n) is 2.22. The minimum atomic E-state index is -0.0309. The minimum Gasteiger partial charge on any atom is -0.338 e. The fraction of sp³-hybridized carbons (Fsp3) is 0.462. The molecule has 1 fully saturated rings. The topological polar surface area (TPSA) is 46.3 Å². The van der Waals surface area contributed by atoms with Crippen molar-refractivity contribution >= 4 is 29.1 Å². The van der Waals surface area contributed by atoms with Crippen LogP contribution in [0.2, 0.25) is 10.0 Å². The number of benzene rings is 1. The maximum atomic E-state index is 12.3. The van der Waals surface area contributed by atoms with Gasteiger partial charge in [-0.15, -0.1) is 0 Å². The molecule has 0 bridgehead atoms. The predicted octanol–water partition coefficient (Wildman–Crippen LogP) is 2.80. The molecule has 1 amide bonds. The Morgan fingerprint density at radius 2 is 2.00 bits per heavy atom. The lowest BCUT2D eigenvalue weighted by atomic mass is 9.90. The summed E-state index contributed by atoms with van der Waals surface area (Å²) >= 11 is 11.8. The van der Waals surface area contributed by atoms with Crippen molar-refractivity contribution in [3.8, 4) is 0 Å². The third-order valence-electron chi connectivity index (χ3n) is 3.45. The van der Waals surface area contributed by atoms with E-state index in [0.717, 1.165) is 13.0 Å². The van der Waals surface area contributed by atoms with Gasteiger partial charge in [-0.1, -0.05) is 30.1 Å². The standard InChI is InChI=1S/C13H16Cl2N2O/c1-13(7-16)2-3-17(8-13)12(18)9-4-10(14)6-11(15)5-9/h4-6H,2-3,7-8,16H2,1H3. The highest BCUT2D eigenvalue weighted by Gasteiger charge is 2.35. The van der Waals surface area contributed by atoms with Crippen molar-refractivity contribution in [3.63, 3.8) is 0 Å². The van der Waals surface area contributed by atoms with E-state index in [1.165, 1.54) is 0 Å². The molecule has 18 heavy (non-hydrogen) atoms. The first-order valence-corrected chi connectivity index (χ1v) is 6.65. The van der Waals surface area contributed by atoms with Crippen molar-refractivity contribution < 1.29 is 4.79 Å². The van der Waals surface area contributed by atoms with Gasteiger partial charge in [0, 0.05) is 28.7 Å². The zero-order chi connectivity index (χ0) is 13.3. The van der Waals surface area contributed by atoms with Crippen LogP contribution in [0.1, 0.15) is 23.7 Å². The van der Waals surface area contributed by atoms with Crippen molar-refractivity contribution in [3.05, 3.63) is 33.8 Å². The van der Waals surface area contributed by atoms with Crippen LogP contribution in [0.5, 0.6) is 0 Å². The van der Waals surface area contributed by atoms with Gasteiger partial charge in [0.05, 0.1) is 0 Å². The Bertz CT molecular complexity index is 458. The number of rotatable bonds is 2. The Balaban J connectivity index is 2.18. The molecular formula is C13H16Cl2N2O. The number of nitrogens with two attached hydrogens (primary N) is 1. The number of hydrogen-bond donors (Lipinski definition) is 1. The molecule has 0 spiro atoms. The van der Waals surface area contributed by atoms with Crippen molar-refractivity contribution in [2.75, 3.05) is 19.6 Å². The molecule has 1 aromatic rings. The van der Waals surface area contributed by atoms with Crippen LogP contribution >= 0.6 is 23.2 Å². The lowest BCUT2D eigenvalue weighted by Crippen LogP contribution is -2.34. The van der Waals surface area contributed by atoms with Gasteiger partial charge in [0.25, 0.3) is 5.91 Å². The monoisotopic (exact) mass is 286 g/mol. The zero-order valence-electron chi connectivity index (χ0n) is 10.2. The van der Waals surface area contributed by atoms with E-state index in [2.05, 4.69) is 6.92 Å². The second kappa shape index (κ2) is 5.08. The van der Waals surface area contributed by atoms with Crippen LogP contribution in [0.25, 0.3) is 0 Å². The summed E-state index contributed by atoms with van der Waals surface area (Å²) in [5.74, 6) is -0.0309. The molecule has 2 rings (SSSR count). The van der Waals surface area contributed by atoms with Gasteiger partial charge in [-0.2, -0.15) is 0 Å². The molecule has 1 unspecified atom stereocenters. The number of hydrogen-bond acceptors (Lipinski definition) is 2. The second-order valence-electron chi connectivity index (χ2n) is 5.15. The van der Waals surface area contributed by atoms with Gasteiger partial charge in [-0.3, -0.25) is 4.79 Å². The van der Waals surface area contributed by atoms with E-state index in [9.17, 15) is 4.79 Å². The van der Waals surface area contributed by atoms with E-state index in [1.54, 1.807) is 18.2 Å². The van der Waals surface area contributed by atoms with E-state index in [0.29, 0.717) is 28.7 Å². The van der Waals surface area contributed by atoms with Crippen LogP contribution in [0, 0.1) is 5.41 Å². The van der Waals surface area contributed by atoms with Crippen molar-refractivity contribution in [1.29, 1.82) is 0 Å². The summed E-state index contributed by atoms with van der Waals surface area (Å²) in [6.07, 6.45) is 0.934. The summed E-state index contributed by atoms with van der Waals surface area (Å²) < 4.78 is 0. The first kappa shape index (κ1) is 13.7. The molecule has 98 valence electrons. The highest BCUT2D eigenvalue weighted by molar-refractivity contribution is 6.35. The third-order valence-corrected chi connectivity index (χ3v) is 3.88. The summed E-state index contributed by atoms with van der Waals surface area (Å²) in [5, 5.41) is 0.957. The van der Waals surface area contributed by atoms with Gasteiger partial charge in [0.15, 0.2) is 0 Å². The Kier molecular flexibility index (Phi) is 3.85. The summed E-state index contributed by atoms with van der Waals surface area (Å²) in [6, 6.07) is 4.91. The van der Waals surface area contributed by atoms with Gasteiger partial charge < -0.3 is 10.6 Å². The number of nitrogens with zero attached hydrogens (tertiary/aromatic N) is 1. The third kappa shape index (κ3) is 2.79. The predicted molar refractivity (Wildman–Crippen MR) is 74.1 cm³/mol. The Hall–Kier alpha value is -0.770. The van der Waals surface area contributed by atoms with Crippen molar-refractivity contribution in [1.82, 2.24) is 4.90 Å². The molecule has 0 aliphatic carbocycles. The summed E-state index contributed by atoms with van der Waals surface area (Å²) in [4.78, 5) is 14.1. The molecule has 0 saturated carbocycles.